The Morgan fingerprint density at radius 1 is 0.918 bits per heavy atom. The van der Waals surface area contributed by atoms with Gasteiger partial charge in [0.2, 0.25) is 5.91 Å². The Balaban J connectivity index is 1.26. The van der Waals surface area contributed by atoms with Crippen LogP contribution in [-0.2, 0) is 9.59 Å². The van der Waals surface area contributed by atoms with Gasteiger partial charge in [0.25, 0.3) is 0 Å². The largest absolute Gasteiger partial charge is 0.454 e. The highest BCUT2D eigenvalue weighted by atomic mass is 35.5. The van der Waals surface area contributed by atoms with Crippen LogP contribution in [0.4, 0.5) is 21.5 Å². The van der Waals surface area contributed by atoms with Gasteiger partial charge < -0.3 is 24.8 Å². The number of ketones is 1. The summed E-state index contributed by atoms with van der Waals surface area (Å²) in [4.78, 5) is 34.6. The molecule has 7 rings (SSSR count). The molecule has 1 aliphatic carbocycles. The molecule has 9 heteroatoms. The Bertz CT molecular complexity index is 1940. The Hall–Kier alpha value is -4.82. The molecule has 252 valence electrons. The number of halogens is 2. The van der Waals surface area contributed by atoms with Gasteiger partial charge in [-0.1, -0.05) is 67.9 Å². The highest BCUT2D eigenvalue weighted by molar-refractivity contribution is 6.30. The van der Waals surface area contributed by atoms with E-state index < -0.39 is 11.9 Å². The Morgan fingerprint density at radius 2 is 1.65 bits per heavy atom. The predicted octanol–water partition coefficient (Wildman–Crippen LogP) is 8.55. The summed E-state index contributed by atoms with van der Waals surface area (Å²) in [5, 5.41) is 4.29. The molecule has 0 aromatic heterocycles. The summed E-state index contributed by atoms with van der Waals surface area (Å²) >= 11 is 6.32. The number of ether oxygens (including phenoxy) is 1. The second-order valence-corrected chi connectivity index (χ2v) is 14.3. The third-order valence-electron chi connectivity index (χ3n) is 9.70. The smallest absolute Gasteiger partial charge is 0.242 e. The van der Waals surface area contributed by atoms with Gasteiger partial charge in [0.05, 0.1) is 24.0 Å². The molecule has 1 amide bonds. The van der Waals surface area contributed by atoms with Crippen LogP contribution in [0.25, 0.3) is 0 Å². The number of benzene rings is 4. The molecule has 3 aliphatic rings. The highest BCUT2D eigenvalue weighted by Crippen LogP contribution is 2.49. The van der Waals surface area contributed by atoms with E-state index in [0.29, 0.717) is 60.9 Å². The lowest BCUT2D eigenvalue weighted by Gasteiger charge is -2.40. The minimum Gasteiger partial charge on any atom is -0.454 e. The first-order valence-corrected chi connectivity index (χ1v) is 17.1. The van der Waals surface area contributed by atoms with E-state index in [2.05, 4.69) is 31.0 Å². The number of carbonyl (C=O) groups is 2. The summed E-state index contributed by atoms with van der Waals surface area (Å²) in [6.07, 6.45) is 1.02. The van der Waals surface area contributed by atoms with E-state index in [0.717, 1.165) is 28.3 Å². The zero-order chi connectivity index (χ0) is 34.3. The van der Waals surface area contributed by atoms with E-state index >= 15 is 4.39 Å². The van der Waals surface area contributed by atoms with Gasteiger partial charge >= 0.3 is 0 Å². The van der Waals surface area contributed by atoms with Crippen LogP contribution in [0, 0.1) is 18.2 Å². The predicted molar refractivity (Wildman–Crippen MR) is 193 cm³/mol. The van der Waals surface area contributed by atoms with E-state index in [-0.39, 0.29) is 29.4 Å². The number of Topliss-reactive ketones (excluding diaryl/α,β-unsaturated/α-hetero) is 1. The number of nitrogens with one attached hydrogen (secondary N) is 1. The molecule has 1 N–H and O–H groups in total. The molecule has 1 atom stereocenters. The van der Waals surface area contributed by atoms with Gasteiger partial charge in [-0.05, 0) is 78.4 Å². The number of hydrogen-bond acceptors (Lipinski definition) is 6. The van der Waals surface area contributed by atoms with Crippen molar-refractivity contribution in [1.29, 1.82) is 0 Å². The first-order chi connectivity index (χ1) is 23.6. The van der Waals surface area contributed by atoms with Crippen LogP contribution < -0.4 is 19.9 Å². The topological polar surface area (TPSA) is 65.1 Å². The summed E-state index contributed by atoms with van der Waals surface area (Å²) in [5.74, 6) is 0.00671. The maximum absolute atomic E-state index is 15.3. The van der Waals surface area contributed by atoms with Crippen LogP contribution in [0.1, 0.15) is 43.9 Å². The van der Waals surface area contributed by atoms with Crippen molar-refractivity contribution in [3.05, 3.63) is 124 Å². The number of anilines is 3. The van der Waals surface area contributed by atoms with Crippen molar-refractivity contribution in [2.75, 3.05) is 47.8 Å². The molecular weight excluding hydrogens is 639 g/mol. The second-order valence-electron chi connectivity index (χ2n) is 13.9. The fourth-order valence-electron chi connectivity index (χ4n) is 7.32. The molecule has 2 heterocycles. The van der Waals surface area contributed by atoms with Gasteiger partial charge in [0, 0.05) is 54.6 Å². The Morgan fingerprint density at radius 3 is 2.43 bits per heavy atom. The average Bonchev–Trinajstić information content (AvgIpc) is 3.21. The van der Waals surface area contributed by atoms with Gasteiger partial charge in [-0.25, -0.2) is 4.39 Å². The van der Waals surface area contributed by atoms with Gasteiger partial charge in [0.1, 0.15) is 5.75 Å². The third-order valence-corrected chi connectivity index (χ3v) is 9.93. The molecule has 49 heavy (non-hydrogen) atoms. The molecule has 1 saturated heterocycles. The van der Waals surface area contributed by atoms with Crippen LogP contribution in [0.3, 0.4) is 0 Å². The van der Waals surface area contributed by atoms with Crippen molar-refractivity contribution in [3.8, 4) is 11.5 Å². The molecule has 2 aliphatic heterocycles. The summed E-state index contributed by atoms with van der Waals surface area (Å²) in [7, 11) is 0. The Labute approximate surface area is 291 Å². The van der Waals surface area contributed by atoms with Crippen LogP contribution in [0.15, 0.2) is 102 Å². The zero-order valence-corrected chi connectivity index (χ0v) is 28.8. The van der Waals surface area contributed by atoms with Crippen LogP contribution in [0.2, 0.25) is 5.02 Å². The van der Waals surface area contributed by atoms with Crippen LogP contribution in [-0.4, -0.2) is 49.3 Å². The number of nitrogens with zero attached hydrogens (tertiary/aromatic N) is 3. The number of rotatable bonds is 6. The number of piperazine rings is 1. The lowest BCUT2D eigenvalue weighted by molar-refractivity contribution is -0.130. The molecule has 4 aromatic carbocycles. The molecule has 0 spiro atoms. The van der Waals surface area contributed by atoms with Crippen molar-refractivity contribution in [2.45, 2.75) is 39.7 Å². The van der Waals surface area contributed by atoms with E-state index in [9.17, 15) is 9.59 Å². The molecule has 0 bridgehead atoms. The number of aryl methyl sites for hydroxylation is 1. The number of carbonyl (C=O) groups excluding carboxylic acids is 2. The van der Waals surface area contributed by atoms with E-state index in [1.54, 1.807) is 24.3 Å². The fourth-order valence-corrected chi connectivity index (χ4v) is 7.49. The van der Waals surface area contributed by atoms with E-state index in [4.69, 9.17) is 16.3 Å². The highest BCUT2D eigenvalue weighted by Gasteiger charge is 2.42. The fraction of sp³-hybridized carbons (Fsp3) is 0.300. The first-order valence-electron chi connectivity index (χ1n) is 16.8. The van der Waals surface area contributed by atoms with Crippen molar-refractivity contribution < 1.29 is 18.7 Å². The number of para-hydroxylation sites is 3. The number of amides is 1. The summed E-state index contributed by atoms with van der Waals surface area (Å²) in [6.45, 7) is 8.74. The zero-order valence-electron chi connectivity index (χ0n) is 28.0. The minimum atomic E-state index is -0.659. The van der Waals surface area contributed by atoms with Crippen LogP contribution >= 0.6 is 11.6 Å². The molecular formula is C40H40ClFN4O3. The molecule has 4 aromatic rings. The second kappa shape index (κ2) is 13.2. The summed E-state index contributed by atoms with van der Waals surface area (Å²) in [6, 6.07) is 26.9. The van der Waals surface area contributed by atoms with Crippen LogP contribution in [0.5, 0.6) is 11.5 Å². The molecule has 0 radical (unpaired) electrons. The van der Waals surface area contributed by atoms with E-state index in [1.165, 1.54) is 6.07 Å². The summed E-state index contributed by atoms with van der Waals surface area (Å²) in [5.41, 5.74) is 5.68. The van der Waals surface area contributed by atoms with Crippen molar-refractivity contribution in [2.24, 2.45) is 5.41 Å². The average molecular weight is 679 g/mol. The normalized spacial score (nSPS) is 18.8. The van der Waals surface area contributed by atoms with Crippen molar-refractivity contribution >= 4 is 40.4 Å². The monoisotopic (exact) mass is 678 g/mol. The number of allylic oxidation sites excluding steroid dienone is 1. The lowest BCUT2D eigenvalue weighted by Crippen LogP contribution is -2.52. The maximum atomic E-state index is 15.3. The van der Waals surface area contributed by atoms with Crippen molar-refractivity contribution in [1.82, 2.24) is 4.90 Å². The summed E-state index contributed by atoms with van der Waals surface area (Å²) < 4.78 is 21.3. The molecule has 0 saturated carbocycles. The molecule has 1 fully saturated rings. The minimum absolute atomic E-state index is 0.00867. The van der Waals surface area contributed by atoms with Gasteiger partial charge in [-0.3, -0.25) is 9.59 Å². The first kappa shape index (κ1) is 32.7. The Kier molecular flexibility index (Phi) is 8.84. The molecule has 7 nitrogen and oxygen atoms in total. The SMILES string of the molecule is Cc1ccc(Cl)cc1N1CCN(C(=O)CN2c3ccccc3NC3=C(C(=O)CC(C)(C)C3)C2c2ccc(F)c(Oc3ccccc3)c2)CC1. The number of fused-ring (bicyclic) bond motifs is 1. The maximum Gasteiger partial charge on any atom is 0.242 e. The quantitative estimate of drug-likeness (QED) is 0.221. The van der Waals surface area contributed by atoms with Crippen molar-refractivity contribution in [3.63, 3.8) is 0 Å². The van der Waals surface area contributed by atoms with Gasteiger partial charge in [-0.15, -0.1) is 0 Å². The third kappa shape index (κ3) is 6.75. The standard InChI is InChI=1S/C40H40ClFN4O3/c1-26-13-15-28(41)22-34(26)44-17-19-45(20-18-44)37(48)25-46-33-12-8-7-11-31(33)43-32-23-40(2,3)24-35(47)38(32)39(46)27-14-16-30(42)36(21-27)49-29-9-5-4-6-10-29/h4-16,21-22,39,43H,17-20,23-25H2,1-3H3. The van der Waals surface area contributed by atoms with Gasteiger partial charge in [-0.2, -0.15) is 0 Å². The van der Waals surface area contributed by atoms with E-state index in [1.807, 2.05) is 70.5 Å². The molecule has 1 unspecified atom stereocenters. The lowest BCUT2D eigenvalue weighted by atomic mass is 9.73. The number of hydrogen-bond donors (Lipinski definition) is 1. The van der Waals surface area contributed by atoms with Gasteiger partial charge in [0.15, 0.2) is 17.3 Å².